The van der Waals surface area contributed by atoms with Gasteiger partial charge in [0.15, 0.2) is 0 Å². The zero-order chi connectivity index (χ0) is 27.0. The molecule has 0 aromatic rings. The summed E-state index contributed by atoms with van der Waals surface area (Å²) < 4.78 is 0. The lowest BCUT2D eigenvalue weighted by molar-refractivity contribution is -0.143. The van der Waals surface area contributed by atoms with Gasteiger partial charge in [-0.15, -0.1) is 0 Å². The minimum absolute atomic E-state index is 0.230. The van der Waals surface area contributed by atoms with Gasteiger partial charge in [-0.1, -0.05) is 68.4 Å². The van der Waals surface area contributed by atoms with Crippen molar-refractivity contribution in [1.82, 2.24) is 10.6 Å². The van der Waals surface area contributed by atoms with Crippen molar-refractivity contribution in [3.63, 3.8) is 0 Å². The number of carboxylic acids is 2. The number of carbonyl (C=O) groups excluding carboxylic acids is 2. The van der Waals surface area contributed by atoms with Crippen LogP contribution < -0.4 is 10.6 Å². The molecular weight excluding hydrogens is 460 g/mol. The molecule has 202 valence electrons. The molecule has 0 aromatic carbocycles. The Morgan fingerprint density at radius 1 is 0.722 bits per heavy atom. The number of carboxylic acid groups (broad SMARTS) is 2. The Bertz CT molecular complexity index is 770. The first-order valence-electron chi connectivity index (χ1n) is 12.9. The topological polar surface area (TPSA) is 133 Å². The van der Waals surface area contributed by atoms with Gasteiger partial charge in [0.25, 0.3) is 0 Å². The van der Waals surface area contributed by atoms with E-state index in [1.165, 1.54) is 32.6 Å². The highest BCUT2D eigenvalue weighted by molar-refractivity contribution is 5.90. The fourth-order valence-electron chi connectivity index (χ4n) is 3.14. The summed E-state index contributed by atoms with van der Waals surface area (Å²) in [6.07, 6.45) is 25.8. The van der Waals surface area contributed by atoms with Gasteiger partial charge in [-0.25, -0.2) is 4.79 Å². The highest BCUT2D eigenvalue weighted by atomic mass is 16.4. The van der Waals surface area contributed by atoms with Crippen molar-refractivity contribution >= 4 is 23.8 Å². The Labute approximate surface area is 215 Å². The first-order chi connectivity index (χ1) is 17.3. The maximum absolute atomic E-state index is 12.1. The van der Waals surface area contributed by atoms with Crippen LogP contribution in [0, 0.1) is 0 Å². The minimum atomic E-state index is -1.32. The summed E-state index contributed by atoms with van der Waals surface area (Å²) in [6, 6.07) is -2.23. The Balaban J connectivity index is 3.95. The highest BCUT2D eigenvalue weighted by Crippen LogP contribution is 2.03. The second-order valence-corrected chi connectivity index (χ2v) is 8.60. The quantitative estimate of drug-likeness (QED) is 0.127. The molecule has 36 heavy (non-hydrogen) atoms. The zero-order valence-electron chi connectivity index (χ0n) is 21.8. The normalized spacial score (nSPS) is 13.5. The predicted octanol–water partition coefficient (Wildman–Crippen LogP) is 5.07. The van der Waals surface area contributed by atoms with Crippen LogP contribution in [0.5, 0.6) is 0 Å². The fourth-order valence-corrected chi connectivity index (χ4v) is 3.14. The van der Waals surface area contributed by atoms with Gasteiger partial charge in [-0.2, -0.15) is 0 Å². The van der Waals surface area contributed by atoms with E-state index in [9.17, 15) is 19.2 Å². The van der Waals surface area contributed by atoms with E-state index in [2.05, 4.69) is 60.1 Å². The van der Waals surface area contributed by atoms with Crippen LogP contribution >= 0.6 is 0 Å². The van der Waals surface area contributed by atoms with Gasteiger partial charge in [-0.05, 0) is 58.3 Å². The number of amides is 2. The summed E-state index contributed by atoms with van der Waals surface area (Å²) in [7, 11) is 0. The Kier molecular flexibility index (Phi) is 20.4. The van der Waals surface area contributed by atoms with Crippen LogP contribution in [0.15, 0.2) is 48.6 Å². The molecule has 2 amide bonds. The first-order valence-corrected chi connectivity index (χ1v) is 12.9. The first kappa shape index (κ1) is 32.8. The molecule has 0 bridgehead atoms. The van der Waals surface area contributed by atoms with Gasteiger partial charge < -0.3 is 20.8 Å². The van der Waals surface area contributed by atoms with Crippen LogP contribution in [0.1, 0.15) is 90.9 Å². The molecular formula is C28H44N2O6. The second kappa shape index (κ2) is 22.3. The third-order valence-corrected chi connectivity index (χ3v) is 5.26. The Morgan fingerprint density at radius 3 is 1.75 bits per heavy atom. The van der Waals surface area contributed by atoms with Gasteiger partial charge in [0.1, 0.15) is 12.1 Å². The molecule has 0 aliphatic carbocycles. The molecule has 4 N–H and O–H groups in total. The maximum Gasteiger partial charge on any atom is 0.326 e. The molecule has 0 heterocycles. The summed E-state index contributed by atoms with van der Waals surface area (Å²) in [5, 5.41) is 22.6. The number of nitrogens with one attached hydrogen (secondary N) is 2. The fraction of sp³-hybridized carbons (Fsp3) is 0.571. The number of allylic oxidation sites excluding steroid dienone is 8. The summed E-state index contributed by atoms with van der Waals surface area (Å²) in [6.45, 7) is 3.67. The van der Waals surface area contributed by atoms with Crippen molar-refractivity contribution in [2.75, 3.05) is 0 Å². The molecule has 0 aromatic heterocycles. The average molecular weight is 505 g/mol. The van der Waals surface area contributed by atoms with Crippen molar-refractivity contribution < 1.29 is 29.4 Å². The van der Waals surface area contributed by atoms with E-state index in [0.717, 1.165) is 25.7 Å². The van der Waals surface area contributed by atoms with Crippen LogP contribution in [0.2, 0.25) is 0 Å². The number of aliphatic carboxylic acids is 2. The predicted molar refractivity (Wildman–Crippen MR) is 142 cm³/mol. The molecule has 0 saturated heterocycles. The second-order valence-electron chi connectivity index (χ2n) is 8.60. The monoisotopic (exact) mass is 504 g/mol. The number of hydrogen-bond acceptors (Lipinski definition) is 4. The zero-order valence-corrected chi connectivity index (χ0v) is 21.8. The van der Waals surface area contributed by atoms with Crippen LogP contribution in [0.3, 0.4) is 0 Å². The van der Waals surface area contributed by atoms with Crippen LogP contribution in [-0.4, -0.2) is 46.0 Å². The van der Waals surface area contributed by atoms with Crippen molar-refractivity contribution in [2.45, 2.75) is 103 Å². The molecule has 0 spiro atoms. The minimum Gasteiger partial charge on any atom is -0.481 e. The third kappa shape index (κ3) is 20.2. The van der Waals surface area contributed by atoms with E-state index < -0.39 is 29.9 Å². The van der Waals surface area contributed by atoms with Crippen LogP contribution in [0.25, 0.3) is 0 Å². The average Bonchev–Trinajstić information content (AvgIpc) is 2.83. The molecule has 0 unspecified atom stereocenters. The van der Waals surface area contributed by atoms with E-state index in [0.29, 0.717) is 6.42 Å². The van der Waals surface area contributed by atoms with Crippen molar-refractivity contribution in [3.05, 3.63) is 48.6 Å². The molecule has 2 atom stereocenters. The van der Waals surface area contributed by atoms with Gasteiger partial charge >= 0.3 is 11.9 Å². The van der Waals surface area contributed by atoms with E-state index in [-0.39, 0.29) is 25.2 Å². The van der Waals surface area contributed by atoms with Gasteiger partial charge in [0.05, 0.1) is 0 Å². The van der Waals surface area contributed by atoms with Crippen LogP contribution in [-0.2, 0) is 19.2 Å². The lowest BCUT2D eigenvalue weighted by Crippen LogP contribution is -2.50. The van der Waals surface area contributed by atoms with E-state index in [1.54, 1.807) is 0 Å². The Hall–Kier alpha value is -3.16. The molecule has 8 heteroatoms. The van der Waals surface area contributed by atoms with Crippen LogP contribution in [0.4, 0.5) is 0 Å². The molecule has 0 aliphatic rings. The molecule has 8 nitrogen and oxygen atoms in total. The number of hydrogen-bond donors (Lipinski definition) is 4. The van der Waals surface area contributed by atoms with Gasteiger partial charge in [0, 0.05) is 12.8 Å². The standard InChI is InChI=1S/C28H44N2O6/c1-3-4-5-6-7-8-9-10-11-12-13-14-15-16-17-18-19-20-25(31)29-23(2)27(34)30-24(28(35)36)21-22-26(32)33/h7-8,10-11,13-14,16-17,23-24H,3-6,9,12,15,18-22H2,1-2H3,(H,29,31)(H,30,34)(H,32,33)(H,35,36)/b8-7-,11-10-,14-13-,17-16-/t23-,24+/m0/s1. The smallest absolute Gasteiger partial charge is 0.326 e. The van der Waals surface area contributed by atoms with E-state index >= 15 is 0 Å². The van der Waals surface area contributed by atoms with Crippen molar-refractivity contribution in [3.8, 4) is 0 Å². The van der Waals surface area contributed by atoms with Gasteiger partial charge in [-0.3, -0.25) is 14.4 Å². The largest absolute Gasteiger partial charge is 0.481 e. The number of unbranched alkanes of at least 4 members (excludes halogenated alkanes) is 4. The summed E-state index contributed by atoms with van der Waals surface area (Å²) in [4.78, 5) is 45.9. The third-order valence-electron chi connectivity index (χ3n) is 5.26. The van der Waals surface area contributed by atoms with Crippen molar-refractivity contribution in [2.24, 2.45) is 0 Å². The lowest BCUT2D eigenvalue weighted by atomic mass is 10.1. The number of carbonyl (C=O) groups is 4. The summed E-state index contributed by atoms with van der Waals surface area (Å²) in [5.41, 5.74) is 0. The summed E-state index contributed by atoms with van der Waals surface area (Å²) in [5.74, 6) is -3.43. The SMILES string of the molecule is CCCCC/C=C\C/C=C\C/C=C\C/C=C\CCCC(=O)N[C@@H](C)C(=O)N[C@H](CCC(=O)O)C(=O)O. The van der Waals surface area contributed by atoms with Crippen molar-refractivity contribution in [1.29, 1.82) is 0 Å². The van der Waals surface area contributed by atoms with E-state index in [4.69, 9.17) is 10.2 Å². The summed E-state index contributed by atoms with van der Waals surface area (Å²) >= 11 is 0. The molecule has 0 rings (SSSR count). The molecule has 0 aliphatic heterocycles. The number of rotatable bonds is 21. The van der Waals surface area contributed by atoms with Gasteiger partial charge in [0.2, 0.25) is 11.8 Å². The van der Waals surface area contributed by atoms with E-state index in [1.807, 2.05) is 6.08 Å². The highest BCUT2D eigenvalue weighted by Gasteiger charge is 2.24. The Morgan fingerprint density at radius 2 is 1.25 bits per heavy atom. The maximum atomic E-state index is 12.1. The molecule has 0 fully saturated rings. The lowest BCUT2D eigenvalue weighted by Gasteiger charge is -2.18. The molecule has 0 saturated carbocycles. The molecule has 0 radical (unpaired) electrons.